The number of hydrogen-bond donors (Lipinski definition) is 3. The average molecular weight is 275 g/mol. The summed E-state index contributed by atoms with van der Waals surface area (Å²) in [7, 11) is 0. The molecule has 0 radical (unpaired) electrons. The number of hydrogen-bond acceptors (Lipinski definition) is 3. The van der Waals surface area contributed by atoms with Crippen LogP contribution in [0.5, 0.6) is 0 Å². The highest BCUT2D eigenvalue weighted by Crippen LogP contribution is 2.23. The van der Waals surface area contributed by atoms with Crippen molar-refractivity contribution in [2.24, 2.45) is 5.73 Å². The quantitative estimate of drug-likeness (QED) is 0.637. The number of aliphatic hydroxyl groups is 1. The van der Waals surface area contributed by atoms with Gasteiger partial charge >= 0.3 is 0 Å². The van der Waals surface area contributed by atoms with E-state index in [1.165, 1.54) is 12.1 Å². The summed E-state index contributed by atoms with van der Waals surface area (Å²) in [5, 5.41) is 12.4. The normalized spacial score (nSPS) is 12.7. The summed E-state index contributed by atoms with van der Waals surface area (Å²) < 4.78 is 12.9. The van der Waals surface area contributed by atoms with Crippen LogP contribution in [0.1, 0.15) is 30.9 Å². The second kappa shape index (κ2) is 8.43. The number of halogens is 2. The maximum absolute atomic E-state index is 12.9. The third-order valence-corrected chi connectivity index (χ3v) is 3.13. The highest BCUT2D eigenvalue weighted by Gasteiger charge is 2.12. The zero-order valence-corrected chi connectivity index (χ0v) is 11.1. The van der Waals surface area contributed by atoms with E-state index in [1.807, 2.05) is 0 Å². The van der Waals surface area contributed by atoms with E-state index >= 15 is 0 Å². The maximum atomic E-state index is 12.9. The molecule has 0 bridgehead atoms. The first-order valence-corrected chi connectivity index (χ1v) is 6.56. The smallest absolute Gasteiger partial charge is 0.124 e. The van der Waals surface area contributed by atoms with E-state index < -0.39 is 0 Å². The largest absolute Gasteiger partial charge is 0.396 e. The Kier molecular flexibility index (Phi) is 7.20. The highest BCUT2D eigenvalue weighted by atomic mass is 35.5. The second-order valence-corrected chi connectivity index (χ2v) is 4.60. The summed E-state index contributed by atoms with van der Waals surface area (Å²) in [6, 6.07) is 4.28. The van der Waals surface area contributed by atoms with E-state index in [0.29, 0.717) is 11.6 Å². The third-order valence-electron chi connectivity index (χ3n) is 2.80. The molecule has 0 aliphatic heterocycles. The number of unbranched alkanes of at least 4 members (excludes halogenated alkanes) is 2. The zero-order chi connectivity index (χ0) is 13.4. The van der Waals surface area contributed by atoms with Gasteiger partial charge in [-0.15, -0.1) is 0 Å². The summed E-state index contributed by atoms with van der Waals surface area (Å²) >= 11 is 6.00. The minimum atomic E-state index is -0.345. The Balaban J connectivity index is 2.49. The highest BCUT2D eigenvalue weighted by molar-refractivity contribution is 6.31. The summed E-state index contributed by atoms with van der Waals surface area (Å²) in [6.07, 6.45) is 2.75. The Bertz CT molecular complexity index is 363. The molecular formula is C13H20ClFN2O. The van der Waals surface area contributed by atoms with Crippen LogP contribution in [0.15, 0.2) is 18.2 Å². The van der Waals surface area contributed by atoms with Crippen LogP contribution in [0.2, 0.25) is 5.02 Å². The van der Waals surface area contributed by atoms with Crippen LogP contribution in [0.4, 0.5) is 4.39 Å². The van der Waals surface area contributed by atoms with Crippen LogP contribution in [0, 0.1) is 5.82 Å². The van der Waals surface area contributed by atoms with Gasteiger partial charge < -0.3 is 16.2 Å². The minimum Gasteiger partial charge on any atom is -0.396 e. The van der Waals surface area contributed by atoms with E-state index in [4.69, 9.17) is 22.4 Å². The lowest BCUT2D eigenvalue weighted by Crippen LogP contribution is -2.29. The fourth-order valence-electron chi connectivity index (χ4n) is 1.79. The van der Waals surface area contributed by atoms with Gasteiger partial charge in [0.2, 0.25) is 0 Å². The van der Waals surface area contributed by atoms with E-state index in [1.54, 1.807) is 6.07 Å². The molecule has 0 amide bonds. The molecule has 0 aliphatic rings. The lowest BCUT2D eigenvalue weighted by atomic mass is 10.1. The molecule has 3 nitrogen and oxygen atoms in total. The SMILES string of the molecule is NCC(NCCCCCO)c1ccc(F)cc1Cl. The average Bonchev–Trinajstić information content (AvgIpc) is 2.35. The van der Waals surface area contributed by atoms with Crippen molar-refractivity contribution in [1.29, 1.82) is 0 Å². The summed E-state index contributed by atoms with van der Waals surface area (Å²) in [6.45, 7) is 1.44. The molecule has 102 valence electrons. The zero-order valence-electron chi connectivity index (χ0n) is 10.3. The van der Waals surface area contributed by atoms with E-state index in [-0.39, 0.29) is 18.5 Å². The molecule has 18 heavy (non-hydrogen) atoms. The standard InChI is InChI=1S/C13H20ClFN2O/c14-12-8-10(15)4-5-11(12)13(9-16)17-6-2-1-3-7-18/h4-5,8,13,17-18H,1-3,6-7,9,16H2. The first kappa shape index (κ1) is 15.4. The molecule has 0 aromatic heterocycles. The predicted molar refractivity (Wildman–Crippen MR) is 72.1 cm³/mol. The van der Waals surface area contributed by atoms with Gasteiger partial charge in [0.05, 0.1) is 0 Å². The number of nitrogens with two attached hydrogens (primary N) is 1. The lowest BCUT2D eigenvalue weighted by molar-refractivity contribution is 0.282. The van der Waals surface area contributed by atoms with Crippen molar-refractivity contribution < 1.29 is 9.50 Å². The van der Waals surface area contributed by atoms with Crippen LogP contribution >= 0.6 is 11.6 Å². The molecule has 5 heteroatoms. The van der Waals surface area contributed by atoms with Gasteiger partial charge in [0.1, 0.15) is 5.82 Å². The van der Waals surface area contributed by atoms with Gasteiger partial charge in [0.25, 0.3) is 0 Å². The van der Waals surface area contributed by atoms with Crippen molar-refractivity contribution in [1.82, 2.24) is 5.32 Å². The van der Waals surface area contributed by atoms with Crippen molar-refractivity contribution >= 4 is 11.6 Å². The molecule has 1 unspecified atom stereocenters. The molecule has 4 N–H and O–H groups in total. The first-order valence-electron chi connectivity index (χ1n) is 6.18. The van der Waals surface area contributed by atoms with Gasteiger partial charge in [0.15, 0.2) is 0 Å². The van der Waals surface area contributed by atoms with E-state index in [2.05, 4.69) is 5.32 Å². The molecule has 0 fully saturated rings. The molecule has 1 atom stereocenters. The predicted octanol–water partition coefficient (Wildman–Crippen LogP) is 2.23. The minimum absolute atomic E-state index is 0.0628. The number of rotatable bonds is 8. The Labute approximate surface area is 112 Å². The van der Waals surface area contributed by atoms with E-state index in [0.717, 1.165) is 31.4 Å². The van der Waals surface area contributed by atoms with Crippen molar-refractivity contribution in [3.8, 4) is 0 Å². The monoisotopic (exact) mass is 274 g/mol. The molecular weight excluding hydrogens is 255 g/mol. The fourth-order valence-corrected chi connectivity index (χ4v) is 2.09. The number of aliphatic hydroxyl groups excluding tert-OH is 1. The molecule has 0 saturated heterocycles. The van der Waals surface area contributed by atoms with Gasteiger partial charge in [-0.3, -0.25) is 0 Å². The molecule has 0 saturated carbocycles. The van der Waals surface area contributed by atoms with Crippen LogP contribution < -0.4 is 11.1 Å². The van der Waals surface area contributed by atoms with Gasteiger partial charge in [0, 0.05) is 24.2 Å². The Morgan fingerprint density at radius 2 is 2.11 bits per heavy atom. The van der Waals surface area contributed by atoms with Gasteiger partial charge in [-0.2, -0.15) is 0 Å². The summed E-state index contributed by atoms with van der Waals surface area (Å²) in [5.41, 5.74) is 6.52. The van der Waals surface area contributed by atoms with Gasteiger partial charge in [-0.25, -0.2) is 4.39 Å². The third kappa shape index (κ3) is 4.90. The fraction of sp³-hybridized carbons (Fsp3) is 0.538. The summed E-state index contributed by atoms with van der Waals surface area (Å²) in [4.78, 5) is 0. The van der Waals surface area contributed by atoms with Crippen LogP contribution in [0.3, 0.4) is 0 Å². The van der Waals surface area contributed by atoms with Crippen molar-refractivity contribution in [3.05, 3.63) is 34.6 Å². The topological polar surface area (TPSA) is 58.3 Å². The van der Waals surface area contributed by atoms with Crippen molar-refractivity contribution in [2.75, 3.05) is 19.7 Å². The Hall–Kier alpha value is -0.680. The molecule has 0 heterocycles. The molecule has 1 rings (SSSR count). The Morgan fingerprint density at radius 3 is 2.72 bits per heavy atom. The van der Waals surface area contributed by atoms with Crippen molar-refractivity contribution in [3.63, 3.8) is 0 Å². The summed E-state index contributed by atoms with van der Waals surface area (Å²) in [5.74, 6) is -0.345. The first-order chi connectivity index (χ1) is 8.69. The van der Waals surface area contributed by atoms with E-state index in [9.17, 15) is 4.39 Å². The molecule has 0 spiro atoms. The Morgan fingerprint density at radius 1 is 1.33 bits per heavy atom. The molecule has 1 aromatic carbocycles. The van der Waals surface area contributed by atoms with Crippen LogP contribution in [-0.2, 0) is 0 Å². The molecule has 1 aromatic rings. The lowest BCUT2D eigenvalue weighted by Gasteiger charge is -2.18. The maximum Gasteiger partial charge on any atom is 0.124 e. The molecule has 0 aliphatic carbocycles. The number of benzene rings is 1. The number of nitrogens with one attached hydrogen (secondary N) is 1. The van der Waals surface area contributed by atoms with Crippen LogP contribution in [-0.4, -0.2) is 24.8 Å². The van der Waals surface area contributed by atoms with Crippen LogP contribution in [0.25, 0.3) is 0 Å². The second-order valence-electron chi connectivity index (χ2n) is 4.19. The van der Waals surface area contributed by atoms with Gasteiger partial charge in [-0.05, 0) is 43.5 Å². The van der Waals surface area contributed by atoms with Crippen molar-refractivity contribution in [2.45, 2.75) is 25.3 Å². The van der Waals surface area contributed by atoms with Gasteiger partial charge in [-0.1, -0.05) is 17.7 Å².